The number of aryl methyl sites for hydroxylation is 2. The van der Waals surface area contributed by atoms with Crippen LogP contribution in [0.5, 0.6) is 0 Å². The van der Waals surface area contributed by atoms with Crippen LogP contribution in [0.25, 0.3) is 5.69 Å². The number of nitrogens with zero attached hydrogens (tertiary/aromatic N) is 5. The van der Waals surface area contributed by atoms with E-state index in [1.165, 1.54) is 11.1 Å². The summed E-state index contributed by atoms with van der Waals surface area (Å²) in [4.78, 5) is 12.9. The first-order chi connectivity index (χ1) is 14.7. The number of rotatable bonds is 4. The second-order valence-corrected chi connectivity index (χ2v) is 7.57. The summed E-state index contributed by atoms with van der Waals surface area (Å²) in [7, 11) is 0. The molecule has 1 unspecified atom stereocenters. The molecule has 4 aromatic rings. The van der Waals surface area contributed by atoms with Gasteiger partial charge in [0, 0.05) is 5.56 Å². The third kappa shape index (κ3) is 3.28. The van der Waals surface area contributed by atoms with Crippen molar-refractivity contribution in [2.45, 2.75) is 32.2 Å². The molecule has 1 N–H and O–H groups in total. The molecule has 0 saturated carbocycles. The molecule has 7 heteroatoms. The molecule has 0 radical (unpaired) electrons. The van der Waals surface area contributed by atoms with Gasteiger partial charge in [0.1, 0.15) is 5.82 Å². The van der Waals surface area contributed by atoms with Gasteiger partial charge in [0.05, 0.1) is 24.1 Å². The Hall–Kier alpha value is -3.74. The van der Waals surface area contributed by atoms with Gasteiger partial charge in [-0.15, -0.1) is 5.10 Å². The highest BCUT2D eigenvalue weighted by Crippen LogP contribution is 2.35. The molecule has 1 aliphatic rings. The molecule has 150 valence electrons. The highest BCUT2D eigenvalue weighted by atomic mass is 16.2. The molecule has 1 aliphatic carbocycles. The van der Waals surface area contributed by atoms with Gasteiger partial charge in [0.2, 0.25) is 0 Å². The quantitative estimate of drug-likeness (QED) is 0.565. The fourth-order valence-corrected chi connectivity index (χ4v) is 4.07. The topological polar surface area (TPSA) is 77.6 Å². The zero-order chi connectivity index (χ0) is 20.5. The van der Waals surface area contributed by atoms with Crippen molar-refractivity contribution in [2.24, 2.45) is 0 Å². The summed E-state index contributed by atoms with van der Waals surface area (Å²) >= 11 is 0. The van der Waals surface area contributed by atoms with Gasteiger partial charge in [-0.05, 0) is 49.4 Å². The molecule has 1 amide bonds. The van der Waals surface area contributed by atoms with Crippen LogP contribution in [0.3, 0.4) is 0 Å². The molecular formula is C23H22N6O. The normalized spacial score (nSPS) is 15.6. The maximum Gasteiger partial charge on any atom is 0.279 e. The number of anilines is 1. The first kappa shape index (κ1) is 18.3. The molecule has 0 fully saturated rings. The molecule has 0 bridgehead atoms. The Balaban J connectivity index is 1.43. The molecule has 7 nitrogen and oxygen atoms in total. The van der Waals surface area contributed by atoms with Crippen molar-refractivity contribution in [1.82, 2.24) is 24.8 Å². The molecule has 2 aromatic heterocycles. The van der Waals surface area contributed by atoms with Crippen LogP contribution in [0, 0.1) is 6.92 Å². The van der Waals surface area contributed by atoms with E-state index in [-0.39, 0.29) is 17.6 Å². The van der Waals surface area contributed by atoms with E-state index in [0.717, 1.165) is 30.5 Å². The summed E-state index contributed by atoms with van der Waals surface area (Å²) in [5, 5.41) is 15.7. The number of carbonyl (C=O) groups is 1. The van der Waals surface area contributed by atoms with Gasteiger partial charge in [-0.3, -0.25) is 4.79 Å². The number of hydrogen-bond donors (Lipinski definition) is 1. The Labute approximate surface area is 174 Å². The second-order valence-electron chi connectivity index (χ2n) is 7.57. The van der Waals surface area contributed by atoms with Gasteiger partial charge in [-0.25, -0.2) is 9.36 Å². The Morgan fingerprint density at radius 1 is 1.10 bits per heavy atom. The Morgan fingerprint density at radius 2 is 1.90 bits per heavy atom. The predicted molar refractivity (Wildman–Crippen MR) is 114 cm³/mol. The van der Waals surface area contributed by atoms with Crippen LogP contribution in [0.1, 0.15) is 46.1 Å². The van der Waals surface area contributed by atoms with E-state index in [1.54, 1.807) is 17.1 Å². The van der Waals surface area contributed by atoms with E-state index >= 15 is 0 Å². The lowest BCUT2D eigenvalue weighted by molar-refractivity contribution is 0.102. The van der Waals surface area contributed by atoms with Gasteiger partial charge in [0.25, 0.3) is 5.91 Å². The second kappa shape index (κ2) is 7.59. The zero-order valence-electron chi connectivity index (χ0n) is 16.7. The van der Waals surface area contributed by atoms with E-state index in [4.69, 9.17) is 0 Å². The van der Waals surface area contributed by atoms with E-state index in [9.17, 15) is 4.79 Å². The minimum Gasteiger partial charge on any atom is -0.305 e. The summed E-state index contributed by atoms with van der Waals surface area (Å²) in [5.41, 5.74) is 4.66. The van der Waals surface area contributed by atoms with Crippen molar-refractivity contribution in [1.29, 1.82) is 0 Å². The van der Waals surface area contributed by atoms with Crippen LogP contribution in [0.15, 0.2) is 67.0 Å². The first-order valence-corrected chi connectivity index (χ1v) is 10.1. The van der Waals surface area contributed by atoms with E-state index < -0.39 is 0 Å². The van der Waals surface area contributed by atoms with Crippen LogP contribution in [0.4, 0.5) is 5.82 Å². The van der Waals surface area contributed by atoms with Crippen LogP contribution in [0.2, 0.25) is 0 Å². The minimum atomic E-state index is -0.300. The minimum absolute atomic E-state index is 0.110. The van der Waals surface area contributed by atoms with Crippen molar-refractivity contribution in [3.05, 3.63) is 89.4 Å². The summed E-state index contributed by atoms with van der Waals surface area (Å²) in [6.45, 7) is 1.95. The summed E-state index contributed by atoms with van der Waals surface area (Å²) in [6, 6.07) is 18.2. The highest BCUT2D eigenvalue weighted by Gasteiger charge is 2.26. The SMILES string of the molecule is Cc1cnn(C2CCCc3ccccc32)c1NC(=O)c1cn(-c2ccccc2)nn1. The fourth-order valence-electron chi connectivity index (χ4n) is 4.07. The lowest BCUT2D eigenvalue weighted by Crippen LogP contribution is -2.23. The zero-order valence-corrected chi connectivity index (χ0v) is 16.7. The fraction of sp³-hybridized carbons (Fsp3) is 0.217. The van der Waals surface area contributed by atoms with Gasteiger partial charge in [0.15, 0.2) is 5.69 Å². The van der Waals surface area contributed by atoms with Crippen LogP contribution < -0.4 is 5.32 Å². The van der Waals surface area contributed by atoms with Gasteiger partial charge < -0.3 is 5.32 Å². The Bertz CT molecular complexity index is 1190. The van der Waals surface area contributed by atoms with E-state index in [1.807, 2.05) is 41.9 Å². The summed E-state index contributed by atoms with van der Waals surface area (Å²) in [6.07, 6.45) is 6.60. The Kier molecular flexibility index (Phi) is 4.63. The maximum absolute atomic E-state index is 12.9. The Morgan fingerprint density at radius 3 is 2.77 bits per heavy atom. The van der Waals surface area contributed by atoms with Crippen molar-refractivity contribution in [2.75, 3.05) is 5.32 Å². The standard InChI is InChI=1S/C23H22N6O/c1-16-14-24-29(21-13-7-9-17-8-5-6-12-19(17)21)22(16)25-23(30)20-15-28(27-26-20)18-10-3-2-4-11-18/h2-6,8,10-12,14-15,21H,7,9,13H2,1H3,(H,25,30). The number of hydrogen-bond acceptors (Lipinski definition) is 4. The van der Waals surface area contributed by atoms with Crippen LogP contribution in [-0.4, -0.2) is 30.7 Å². The predicted octanol–water partition coefficient (Wildman–Crippen LogP) is 3.95. The smallest absolute Gasteiger partial charge is 0.279 e. The molecule has 0 saturated heterocycles. The monoisotopic (exact) mass is 398 g/mol. The van der Waals surface area contributed by atoms with Crippen molar-refractivity contribution < 1.29 is 4.79 Å². The molecule has 2 aromatic carbocycles. The molecule has 30 heavy (non-hydrogen) atoms. The van der Waals surface area contributed by atoms with Crippen molar-refractivity contribution in [3.8, 4) is 5.69 Å². The number of nitrogens with one attached hydrogen (secondary N) is 1. The maximum atomic E-state index is 12.9. The largest absolute Gasteiger partial charge is 0.305 e. The number of aromatic nitrogens is 5. The average Bonchev–Trinajstić information content (AvgIpc) is 3.42. The molecule has 1 atom stereocenters. The van der Waals surface area contributed by atoms with Crippen molar-refractivity contribution >= 4 is 11.7 Å². The lowest BCUT2D eigenvalue weighted by atomic mass is 9.88. The van der Waals surface area contributed by atoms with Crippen LogP contribution >= 0.6 is 0 Å². The highest BCUT2D eigenvalue weighted by molar-refractivity contribution is 6.02. The van der Waals surface area contributed by atoms with E-state index in [0.29, 0.717) is 5.82 Å². The number of fused-ring (bicyclic) bond motifs is 1. The van der Waals surface area contributed by atoms with Gasteiger partial charge in [-0.2, -0.15) is 5.10 Å². The number of amides is 1. The first-order valence-electron chi connectivity index (χ1n) is 10.1. The lowest BCUT2D eigenvalue weighted by Gasteiger charge is -2.27. The van der Waals surface area contributed by atoms with Gasteiger partial charge >= 0.3 is 0 Å². The average molecular weight is 398 g/mol. The molecule has 0 spiro atoms. The third-order valence-electron chi connectivity index (χ3n) is 5.59. The third-order valence-corrected chi connectivity index (χ3v) is 5.59. The summed E-state index contributed by atoms with van der Waals surface area (Å²) in [5.74, 6) is 0.405. The molecule has 0 aliphatic heterocycles. The van der Waals surface area contributed by atoms with Crippen LogP contribution in [-0.2, 0) is 6.42 Å². The molecule has 5 rings (SSSR count). The molecule has 2 heterocycles. The number of para-hydroxylation sites is 1. The molecular weight excluding hydrogens is 376 g/mol. The van der Waals surface area contributed by atoms with Crippen molar-refractivity contribution in [3.63, 3.8) is 0 Å². The summed E-state index contributed by atoms with van der Waals surface area (Å²) < 4.78 is 3.53. The van der Waals surface area contributed by atoms with E-state index in [2.05, 4.69) is 45.0 Å². The number of carbonyl (C=O) groups excluding carboxylic acids is 1. The number of benzene rings is 2. The van der Waals surface area contributed by atoms with Gasteiger partial charge in [-0.1, -0.05) is 47.7 Å².